The van der Waals surface area contributed by atoms with Crippen LogP contribution in [-0.2, 0) is 11.3 Å². The summed E-state index contributed by atoms with van der Waals surface area (Å²) in [6.07, 6.45) is 1.43. The van der Waals surface area contributed by atoms with Crippen LogP contribution in [0.5, 0.6) is 0 Å². The molecule has 1 unspecified atom stereocenters. The van der Waals surface area contributed by atoms with Gasteiger partial charge >= 0.3 is 0 Å². The lowest BCUT2D eigenvalue weighted by molar-refractivity contribution is 0.121. The maximum absolute atomic E-state index is 6.41. The van der Waals surface area contributed by atoms with E-state index in [9.17, 15) is 0 Å². The van der Waals surface area contributed by atoms with Gasteiger partial charge in [0.2, 0.25) is 0 Å². The van der Waals surface area contributed by atoms with Crippen molar-refractivity contribution in [2.24, 2.45) is 0 Å². The lowest BCUT2D eigenvalue weighted by atomic mass is 10.1. The van der Waals surface area contributed by atoms with Gasteiger partial charge in [-0.3, -0.25) is 0 Å². The Balaban J connectivity index is 2.02. The van der Waals surface area contributed by atoms with Gasteiger partial charge in [-0.2, -0.15) is 0 Å². The average molecular weight is 297 g/mol. The van der Waals surface area contributed by atoms with Crippen LogP contribution in [0.25, 0.3) is 0 Å². The number of nitrogens with one attached hydrogen (secondary N) is 1. The van der Waals surface area contributed by atoms with Crippen molar-refractivity contribution in [1.82, 2.24) is 5.32 Å². The SMILES string of the molecule is COC1CCN(c2ccc(CNC(C)(C)C)c(Cl)c2)C1. The molecule has 4 heteroatoms. The summed E-state index contributed by atoms with van der Waals surface area (Å²) < 4.78 is 5.41. The van der Waals surface area contributed by atoms with Gasteiger partial charge in [-0.25, -0.2) is 0 Å². The summed E-state index contributed by atoms with van der Waals surface area (Å²) in [5.74, 6) is 0. The van der Waals surface area contributed by atoms with Gasteiger partial charge in [-0.1, -0.05) is 17.7 Å². The Morgan fingerprint density at radius 3 is 2.70 bits per heavy atom. The normalized spacial score (nSPS) is 19.6. The Kier molecular flexibility index (Phi) is 4.95. The first kappa shape index (κ1) is 15.6. The van der Waals surface area contributed by atoms with Crippen molar-refractivity contribution >= 4 is 17.3 Å². The fourth-order valence-corrected chi connectivity index (χ4v) is 2.63. The number of halogens is 1. The standard InChI is InChI=1S/C16H25ClN2O/c1-16(2,3)18-10-12-5-6-13(9-15(12)17)19-8-7-14(11-19)20-4/h5-6,9,14,18H,7-8,10-11H2,1-4H3. The molecule has 1 N–H and O–H groups in total. The van der Waals surface area contributed by atoms with Crippen LogP contribution in [0.2, 0.25) is 5.02 Å². The number of anilines is 1. The number of benzene rings is 1. The van der Waals surface area contributed by atoms with Gasteiger partial charge < -0.3 is 15.0 Å². The molecule has 1 aliphatic rings. The van der Waals surface area contributed by atoms with E-state index in [-0.39, 0.29) is 5.54 Å². The lowest BCUT2D eigenvalue weighted by Crippen LogP contribution is -2.35. The quantitative estimate of drug-likeness (QED) is 0.921. The van der Waals surface area contributed by atoms with E-state index in [0.717, 1.165) is 36.6 Å². The van der Waals surface area contributed by atoms with Crippen LogP contribution in [0.15, 0.2) is 18.2 Å². The van der Waals surface area contributed by atoms with Gasteiger partial charge in [0, 0.05) is 43.0 Å². The van der Waals surface area contributed by atoms with Crippen LogP contribution < -0.4 is 10.2 Å². The molecule has 1 atom stereocenters. The summed E-state index contributed by atoms with van der Waals surface area (Å²) in [5.41, 5.74) is 2.43. The van der Waals surface area contributed by atoms with Crippen molar-refractivity contribution in [2.45, 2.75) is 45.4 Å². The summed E-state index contributed by atoms with van der Waals surface area (Å²) >= 11 is 6.41. The first-order chi connectivity index (χ1) is 9.39. The van der Waals surface area contributed by atoms with Gasteiger partial charge in [0.15, 0.2) is 0 Å². The molecule has 1 aromatic rings. The van der Waals surface area contributed by atoms with E-state index in [0.29, 0.717) is 6.10 Å². The highest BCUT2D eigenvalue weighted by atomic mass is 35.5. The molecule has 20 heavy (non-hydrogen) atoms. The third-order valence-electron chi connectivity index (χ3n) is 3.69. The minimum absolute atomic E-state index is 0.0998. The second-order valence-corrected chi connectivity index (χ2v) is 6.88. The molecule has 0 radical (unpaired) electrons. The van der Waals surface area contributed by atoms with Gasteiger partial charge in [-0.15, -0.1) is 0 Å². The molecule has 0 saturated carbocycles. The molecule has 0 amide bonds. The molecule has 112 valence electrons. The van der Waals surface area contributed by atoms with Gasteiger partial charge in [0.1, 0.15) is 0 Å². The highest BCUT2D eigenvalue weighted by Crippen LogP contribution is 2.27. The summed E-state index contributed by atoms with van der Waals surface area (Å²) in [4.78, 5) is 2.33. The van der Waals surface area contributed by atoms with Crippen molar-refractivity contribution in [2.75, 3.05) is 25.1 Å². The molecule has 1 saturated heterocycles. The third kappa shape index (κ3) is 4.11. The van der Waals surface area contributed by atoms with Crippen molar-refractivity contribution in [3.8, 4) is 0 Å². The van der Waals surface area contributed by atoms with Crippen molar-refractivity contribution in [3.63, 3.8) is 0 Å². The Bertz CT molecular complexity index is 456. The predicted octanol–water partition coefficient (Wildman–Crippen LogP) is 3.45. The van der Waals surface area contributed by atoms with Crippen LogP contribution in [0.1, 0.15) is 32.8 Å². The zero-order valence-corrected chi connectivity index (χ0v) is 13.6. The van der Waals surface area contributed by atoms with E-state index in [4.69, 9.17) is 16.3 Å². The number of nitrogens with zero attached hydrogens (tertiary/aromatic N) is 1. The molecular formula is C16H25ClN2O. The van der Waals surface area contributed by atoms with Crippen molar-refractivity contribution in [3.05, 3.63) is 28.8 Å². The van der Waals surface area contributed by atoms with Crippen LogP contribution in [0.4, 0.5) is 5.69 Å². The van der Waals surface area contributed by atoms with Crippen LogP contribution in [-0.4, -0.2) is 31.8 Å². The average Bonchev–Trinajstić information content (AvgIpc) is 2.85. The maximum Gasteiger partial charge on any atom is 0.0762 e. The van der Waals surface area contributed by atoms with E-state index < -0.39 is 0 Å². The predicted molar refractivity (Wildman–Crippen MR) is 85.7 cm³/mol. The number of hydrogen-bond donors (Lipinski definition) is 1. The minimum atomic E-state index is 0.0998. The summed E-state index contributed by atoms with van der Waals surface area (Å²) in [6.45, 7) is 9.25. The maximum atomic E-state index is 6.41. The molecule has 1 heterocycles. The molecule has 3 nitrogen and oxygen atoms in total. The largest absolute Gasteiger partial charge is 0.380 e. The first-order valence-electron chi connectivity index (χ1n) is 7.20. The van der Waals surface area contributed by atoms with Gasteiger partial charge in [-0.05, 0) is 44.9 Å². The zero-order valence-electron chi connectivity index (χ0n) is 12.9. The molecule has 0 spiro atoms. The molecule has 0 aliphatic carbocycles. The third-order valence-corrected chi connectivity index (χ3v) is 4.04. The first-order valence-corrected chi connectivity index (χ1v) is 7.58. The molecule has 2 rings (SSSR count). The number of rotatable bonds is 4. The number of methoxy groups -OCH3 is 1. The van der Waals surface area contributed by atoms with E-state index >= 15 is 0 Å². The van der Waals surface area contributed by atoms with Gasteiger partial charge in [0.05, 0.1) is 6.10 Å². The number of ether oxygens (including phenoxy) is 1. The van der Waals surface area contributed by atoms with E-state index in [2.05, 4.69) is 49.2 Å². The van der Waals surface area contributed by atoms with Crippen LogP contribution in [0, 0.1) is 0 Å². The molecule has 1 aliphatic heterocycles. The van der Waals surface area contributed by atoms with E-state index in [1.807, 2.05) is 0 Å². The fraction of sp³-hybridized carbons (Fsp3) is 0.625. The molecule has 0 aromatic heterocycles. The zero-order chi connectivity index (χ0) is 14.8. The Hall–Kier alpha value is -0.770. The van der Waals surface area contributed by atoms with Crippen molar-refractivity contribution in [1.29, 1.82) is 0 Å². The molecule has 1 fully saturated rings. The summed E-state index contributed by atoms with van der Waals surface area (Å²) in [7, 11) is 1.78. The molecule has 0 bridgehead atoms. The van der Waals surface area contributed by atoms with Crippen LogP contribution in [0.3, 0.4) is 0 Å². The Morgan fingerprint density at radius 2 is 2.15 bits per heavy atom. The van der Waals surface area contributed by atoms with Crippen LogP contribution >= 0.6 is 11.6 Å². The monoisotopic (exact) mass is 296 g/mol. The molecular weight excluding hydrogens is 272 g/mol. The van der Waals surface area contributed by atoms with E-state index in [1.54, 1.807) is 7.11 Å². The topological polar surface area (TPSA) is 24.5 Å². The fourth-order valence-electron chi connectivity index (χ4n) is 2.39. The van der Waals surface area contributed by atoms with E-state index in [1.165, 1.54) is 5.69 Å². The number of hydrogen-bond acceptors (Lipinski definition) is 3. The molecule has 1 aromatic carbocycles. The Labute approximate surface area is 127 Å². The summed E-state index contributed by atoms with van der Waals surface area (Å²) in [5, 5.41) is 4.30. The Morgan fingerprint density at radius 1 is 1.40 bits per heavy atom. The minimum Gasteiger partial charge on any atom is -0.380 e. The highest BCUT2D eigenvalue weighted by molar-refractivity contribution is 6.31. The van der Waals surface area contributed by atoms with Crippen molar-refractivity contribution < 1.29 is 4.74 Å². The smallest absolute Gasteiger partial charge is 0.0762 e. The highest BCUT2D eigenvalue weighted by Gasteiger charge is 2.22. The van der Waals surface area contributed by atoms with Gasteiger partial charge in [0.25, 0.3) is 0 Å². The second kappa shape index (κ2) is 6.33. The lowest BCUT2D eigenvalue weighted by Gasteiger charge is -2.22. The summed E-state index contributed by atoms with van der Waals surface area (Å²) in [6, 6.07) is 6.35. The second-order valence-electron chi connectivity index (χ2n) is 6.47.